The maximum atomic E-state index is 11.4. The minimum Gasteiger partial charge on any atom is -0.276 e. The zero-order valence-corrected chi connectivity index (χ0v) is 8.34. The van der Waals surface area contributed by atoms with Gasteiger partial charge in [0.2, 0.25) is 0 Å². The van der Waals surface area contributed by atoms with Gasteiger partial charge >= 0.3 is 0 Å². The molecule has 14 heavy (non-hydrogen) atoms. The Morgan fingerprint density at radius 3 is 2.36 bits per heavy atom. The third kappa shape index (κ3) is 2.45. The minimum absolute atomic E-state index is 0.120. The van der Waals surface area contributed by atoms with Crippen molar-refractivity contribution >= 4 is 16.0 Å². The smallest absolute Gasteiger partial charge is 0.262 e. The highest BCUT2D eigenvalue weighted by Crippen LogP contribution is 2.09. The summed E-state index contributed by atoms with van der Waals surface area (Å²) in [5.74, 6) is 1.34. The van der Waals surface area contributed by atoms with Crippen molar-refractivity contribution in [2.24, 2.45) is 0 Å². The second-order valence-electron chi connectivity index (χ2n) is 2.70. The Balaban J connectivity index is 3.04. The Hall–Kier alpha value is -1.58. The van der Waals surface area contributed by atoms with Gasteiger partial charge in [0.05, 0.1) is 11.1 Å². The van der Waals surface area contributed by atoms with E-state index in [2.05, 4.69) is 0 Å². The summed E-state index contributed by atoms with van der Waals surface area (Å²) in [5.41, 5.74) is 0.967. The fourth-order valence-corrected chi connectivity index (χ4v) is 1.72. The van der Waals surface area contributed by atoms with Gasteiger partial charge in [0, 0.05) is 0 Å². The highest BCUT2D eigenvalue weighted by molar-refractivity contribution is 7.89. The van der Waals surface area contributed by atoms with Gasteiger partial charge in [-0.25, -0.2) is 13.2 Å². The first kappa shape index (κ1) is 10.5. The molecule has 0 saturated heterocycles. The number of rotatable bonds is 3. The highest BCUT2D eigenvalue weighted by Gasteiger charge is 2.10. The van der Waals surface area contributed by atoms with Gasteiger partial charge in [-0.1, -0.05) is 17.7 Å². The molecule has 0 spiro atoms. The molecule has 0 amide bonds. The predicted octanol–water partition coefficient (Wildman–Crippen LogP) is 0.619. The van der Waals surface area contributed by atoms with Crippen molar-refractivity contribution in [2.75, 3.05) is 0 Å². The molecule has 0 fully saturated rings. The van der Waals surface area contributed by atoms with Crippen molar-refractivity contribution < 1.29 is 13.2 Å². The summed E-state index contributed by atoms with van der Waals surface area (Å²) >= 11 is 0. The van der Waals surface area contributed by atoms with E-state index in [9.17, 15) is 13.2 Å². The highest BCUT2D eigenvalue weighted by atomic mass is 32.2. The Morgan fingerprint density at radius 2 is 1.86 bits per heavy atom. The second-order valence-corrected chi connectivity index (χ2v) is 4.41. The van der Waals surface area contributed by atoms with E-state index in [1.54, 1.807) is 12.1 Å². The number of carbonyl (C=O) groups excluding carboxylic acids is 1. The van der Waals surface area contributed by atoms with Crippen LogP contribution in [0.15, 0.2) is 35.4 Å². The first-order valence-corrected chi connectivity index (χ1v) is 5.33. The van der Waals surface area contributed by atoms with E-state index in [1.807, 2.05) is 11.6 Å². The van der Waals surface area contributed by atoms with Crippen LogP contribution in [-0.2, 0) is 14.8 Å². The number of nitrogens with one attached hydrogen (secondary N) is 1. The lowest BCUT2D eigenvalue weighted by molar-refractivity contribution is 0.566. The van der Waals surface area contributed by atoms with Gasteiger partial charge in [-0.05, 0) is 19.1 Å². The van der Waals surface area contributed by atoms with Crippen LogP contribution in [0.5, 0.6) is 0 Å². The quantitative estimate of drug-likeness (QED) is 0.745. The van der Waals surface area contributed by atoms with E-state index in [4.69, 9.17) is 0 Å². The maximum absolute atomic E-state index is 11.4. The largest absolute Gasteiger partial charge is 0.276 e. The molecular weight excluding hydrogens is 202 g/mol. The Labute approximate surface area is 82.3 Å². The monoisotopic (exact) mass is 211 g/mol. The molecule has 0 unspecified atom stereocenters. The fourth-order valence-electron chi connectivity index (χ4n) is 0.887. The van der Waals surface area contributed by atoms with Gasteiger partial charge in [0.1, 0.15) is 5.94 Å². The second kappa shape index (κ2) is 4.09. The van der Waals surface area contributed by atoms with Crippen molar-refractivity contribution in [3.05, 3.63) is 36.0 Å². The molecule has 4 nitrogen and oxygen atoms in total. The molecule has 0 bridgehead atoms. The van der Waals surface area contributed by atoms with Crippen molar-refractivity contribution in [1.29, 1.82) is 0 Å². The van der Waals surface area contributed by atoms with Crippen LogP contribution >= 0.6 is 0 Å². The van der Waals surface area contributed by atoms with Crippen molar-refractivity contribution in [3.8, 4) is 0 Å². The summed E-state index contributed by atoms with van der Waals surface area (Å²) < 4.78 is 24.7. The molecule has 0 aliphatic rings. The van der Waals surface area contributed by atoms with Crippen LogP contribution in [-0.4, -0.2) is 14.4 Å². The van der Waals surface area contributed by atoms with Gasteiger partial charge in [0.25, 0.3) is 10.0 Å². The third-order valence-corrected chi connectivity index (χ3v) is 2.93. The summed E-state index contributed by atoms with van der Waals surface area (Å²) in [6.07, 6.45) is 0.717. The SMILES string of the molecule is Cc1ccc(S(=O)(=O)NC=C=O)cc1. The molecule has 74 valence electrons. The van der Waals surface area contributed by atoms with Crippen LogP contribution in [0.25, 0.3) is 0 Å². The summed E-state index contributed by atoms with van der Waals surface area (Å²) in [5, 5.41) is 0. The molecule has 0 aliphatic heterocycles. The van der Waals surface area contributed by atoms with E-state index in [-0.39, 0.29) is 4.90 Å². The molecule has 1 aromatic rings. The lowest BCUT2D eigenvalue weighted by Gasteiger charge is -2.02. The molecular formula is C9H9NO3S. The average Bonchev–Trinajstić information content (AvgIpc) is 2.16. The van der Waals surface area contributed by atoms with Gasteiger partial charge in [-0.2, -0.15) is 0 Å². The normalized spacial score (nSPS) is 10.4. The van der Waals surface area contributed by atoms with E-state index in [0.29, 0.717) is 0 Å². The van der Waals surface area contributed by atoms with Gasteiger partial charge < -0.3 is 0 Å². The van der Waals surface area contributed by atoms with Crippen molar-refractivity contribution in [2.45, 2.75) is 11.8 Å². The van der Waals surface area contributed by atoms with E-state index < -0.39 is 10.0 Å². The summed E-state index contributed by atoms with van der Waals surface area (Å²) in [6, 6.07) is 6.30. The van der Waals surface area contributed by atoms with Crippen molar-refractivity contribution in [1.82, 2.24) is 4.72 Å². The van der Waals surface area contributed by atoms with Gasteiger partial charge in [0.15, 0.2) is 0 Å². The molecule has 0 atom stereocenters. The van der Waals surface area contributed by atoms with E-state index in [0.717, 1.165) is 11.8 Å². The van der Waals surface area contributed by atoms with Gasteiger partial charge in [-0.3, -0.25) is 4.72 Å². The van der Waals surface area contributed by atoms with Crippen LogP contribution in [0, 0.1) is 6.92 Å². The lowest BCUT2D eigenvalue weighted by Crippen LogP contribution is -2.17. The van der Waals surface area contributed by atoms with E-state index >= 15 is 0 Å². The minimum atomic E-state index is -3.61. The zero-order valence-electron chi connectivity index (χ0n) is 7.52. The van der Waals surface area contributed by atoms with Gasteiger partial charge in [-0.15, -0.1) is 0 Å². The van der Waals surface area contributed by atoms with Crippen LogP contribution in [0.1, 0.15) is 5.56 Å². The molecule has 0 aromatic heterocycles. The van der Waals surface area contributed by atoms with Crippen LogP contribution in [0.2, 0.25) is 0 Å². The predicted molar refractivity (Wildman–Crippen MR) is 51.8 cm³/mol. The fraction of sp³-hybridized carbons (Fsp3) is 0.111. The first-order chi connectivity index (χ1) is 6.56. The number of sulfonamides is 1. The Morgan fingerprint density at radius 1 is 1.29 bits per heavy atom. The summed E-state index contributed by atoms with van der Waals surface area (Å²) in [7, 11) is -3.61. The third-order valence-electron chi connectivity index (χ3n) is 1.60. The lowest BCUT2D eigenvalue weighted by atomic mass is 10.2. The average molecular weight is 211 g/mol. The van der Waals surface area contributed by atoms with Crippen molar-refractivity contribution in [3.63, 3.8) is 0 Å². The van der Waals surface area contributed by atoms with Crippen LogP contribution in [0.4, 0.5) is 0 Å². The molecule has 1 aromatic carbocycles. The van der Waals surface area contributed by atoms with Crippen LogP contribution < -0.4 is 4.72 Å². The number of benzene rings is 1. The molecule has 0 heterocycles. The summed E-state index contributed by atoms with van der Waals surface area (Å²) in [6.45, 7) is 1.86. The summed E-state index contributed by atoms with van der Waals surface area (Å²) in [4.78, 5) is 9.95. The molecule has 1 rings (SSSR count). The number of hydrogen-bond acceptors (Lipinski definition) is 3. The molecule has 0 radical (unpaired) electrons. The molecule has 5 heteroatoms. The first-order valence-electron chi connectivity index (χ1n) is 3.84. The molecule has 0 saturated carbocycles. The molecule has 0 aliphatic carbocycles. The topological polar surface area (TPSA) is 63.2 Å². The van der Waals surface area contributed by atoms with Crippen LogP contribution in [0.3, 0.4) is 0 Å². The number of hydrogen-bond donors (Lipinski definition) is 1. The Kier molecular flexibility index (Phi) is 3.06. The zero-order chi connectivity index (χ0) is 10.6. The Bertz CT molecular complexity index is 455. The number of aryl methyl sites for hydroxylation is 1. The standard InChI is InChI=1S/C9H9NO3S/c1-8-2-4-9(5-3-8)14(12,13)10-6-7-11/h2-6,10H,1H3. The molecule has 1 N–H and O–H groups in total. The van der Waals surface area contributed by atoms with E-state index in [1.165, 1.54) is 18.1 Å². The maximum Gasteiger partial charge on any atom is 0.262 e.